The molecule has 4 heterocycles. The van der Waals surface area contributed by atoms with Crippen molar-refractivity contribution in [2.24, 2.45) is 7.05 Å². The highest BCUT2D eigenvalue weighted by atomic mass is 19.4. The molecule has 222 valence electrons. The Morgan fingerprint density at radius 2 is 1.60 bits per heavy atom. The van der Waals surface area contributed by atoms with E-state index in [1.54, 1.807) is 23.4 Å². The smallest absolute Gasteiger partial charge is 0.475 e. The molecular formula is C28H26F3N9O3. The third-order valence-electron chi connectivity index (χ3n) is 6.36. The number of aliphatic carboxylic acids is 1. The van der Waals surface area contributed by atoms with Gasteiger partial charge in [0.2, 0.25) is 11.9 Å². The van der Waals surface area contributed by atoms with Crippen LogP contribution in [0, 0.1) is 0 Å². The van der Waals surface area contributed by atoms with Crippen LogP contribution in [0.1, 0.15) is 0 Å². The summed E-state index contributed by atoms with van der Waals surface area (Å²) in [7, 11) is 1.94. The topological polar surface area (TPSA) is 136 Å². The van der Waals surface area contributed by atoms with Crippen LogP contribution in [-0.2, 0) is 16.6 Å². The van der Waals surface area contributed by atoms with E-state index in [1.807, 2.05) is 48.1 Å². The number of carboxylic acids is 1. The van der Waals surface area contributed by atoms with Crippen LogP contribution in [0.3, 0.4) is 0 Å². The molecule has 1 aliphatic heterocycles. The average molecular weight is 594 g/mol. The molecule has 0 unspecified atom stereocenters. The fourth-order valence-electron chi connectivity index (χ4n) is 4.16. The molecule has 0 spiro atoms. The summed E-state index contributed by atoms with van der Waals surface area (Å²) in [6, 6.07) is 20.1. The van der Waals surface area contributed by atoms with Crippen molar-refractivity contribution in [1.82, 2.24) is 34.5 Å². The number of nitrogens with zero attached hydrogens (tertiary/aromatic N) is 8. The molecule has 43 heavy (non-hydrogen) atoms. The number of nitrogens with one attached hydrogen (secondary N) is 1. The number of benzene rings is 2. The first-order valence-corrected chi connectivity index (χ1v) is 13.0. The molecule has 0 bridgehead atoms. The minimum absolute atomic E-state index is 0.534. The summed E-state index contributed by atoms with van der Waals surface area (Å²) in [5.41, 5.74) is 5.85. The number of carboxylic acid groups (broad SMARTS) is 1. The Morgan fingerprint density at radius 1 is 0.930 bits per heavy atom. The van der Waals surface area contributed by atoms with E-state index in [-0.39, 0.29) is 0 Å². The summed E-state index contributed by atoms with van der Waals surface area (Å²) in [5.74, 6) is -1.50. The van der Waals surface area contributed by atoms with Crippen molar-refractivity contribution in [2.45, 2.75) is 6.18 Å². The van der Waals surface area contributed by atoms with Crippen LogP contribution in [0.4, 0.5) is 30.8 Å². The van der Waals surface area contributed by atoms with Gasteiger partial charge in [0.05, 0.1) is 30.3 Å². The van der Waals surface area contributed by atoms with Gasteiger partial charge in [-0.1, -0.05) is 24.3 Å². The predicted octanol–water partition coefficient (Wildman–Crippen LogP) is 4.34. The van der Waals surface area contributed by atoms with E-state index in [0.29, 0.717) is 19.2 Å². The molecular weight excluding hydrogens is 567 g/mol. The highest BCUT2D eigenvalue weighted by Crippen LogP contribution is 2.25. The molecule has 0 amide bonds. The third kappa shape index (κ3) is 7.32. The number of carbonyl (C=O) groups is 1. The van der Waals surface area contributed by atoms with Crippen LogP contribution in [0.25, 0.3) is 28.2 Å². The molecule has 3 aromatic heterocycles. The first-order valence-electron chi connectivity index (χ1n) is 13.0. The van der Waals surface area contributed by atoms with E-state index in [2.05, 4.69) is 54.6 Å². The van der Waals surface area contributed by atoms with Crippen LogP contribution in [0.5, 0.6) is 0 Å². The second-order valence-corrected chi connectivity index (χ2v) is 9.25. The second-order valence-electron chi connectivity index (χ2n) is 9.25. The molecule has 2 N–H and O–H groups in total. The van der Waals surface area contributed by atoms with Crippen molar-refractivity contribution < 1.29 is 27.8 Å². The van der Waals surface area contributed by atoms with Gasteiger partial charge in [0, 0.05) is 43.8 Å². The Kier molecular flexibility index (Phi) is 8.61. The van der Waals surface area contributed by atoms with E-state index < -0.39 is 12.1 Å². The number of rotatable bonds is 6. The van der Waals surface area contributed by atoms with Crippen molar-refractivity contribution in [3.63, 3.8) is 0 Å². The van der Waals surface area contributed by atoms with Crippen LogP contribution in [0.2, 0.25) is 0 Å². The van der Waals surface area contributed by atoms with Crippen molar-refractivity contribution in [3.8, 4) is 28.2 Å². The highest BCUT2D eigenvalue weighted by Gasteiger charge is 2.38. The lowest BCUT2D eigenvalue weighted by Crippen LogP contribution is -2.37. The first-order chi connectivity index (χ1) is 20.7. The molecule has 1 saturated heterocycles. The lowest BCUT2D eigenvalue weighted by molar-refractivity contribution is -0.192. The van der Waals surface area contributed by atoms with Gasteiger partial charge in [0.1, 0.15) is 6.33 Å². The summed E-state index contributed by atoms with van der Waals surface area (Å²) < 4.78 is 40.8. The monoisotopic (exact) mass is 593 g/mol. The summed E-state index contributed by atoms with van der Waals surface area (Å²) >= 11 is 0. The summed E-state index contributed by atoms with van der Waals surface area (Å²) in [4.78, 5) is 24.6. The van der Waals surface area contributed by atoms with Crippen LogP contribution >= 0.6 is 0 Å². The van der Waals surface area contributed by atoms with Crippen molar-refractivity contribution in [2.75, 3.05) is 36.5 Å². The normalized spacial score (nSPS) is 13.3. The van der Waals surface area contributed by atoms with Crippen molar-refractivity contribution >= 4 is 23.6 Å². The standard InChI is InChI=1S/C26H25N9O.C2HF3O2/c1-33-24(11-13-29-33)20-4-2-19(3-5-20)23-10-12-27-25(31-23)30-21-6-8-22(9-7-21)35-18-28-26(32-35)34-14-16-36-17-15-34;3-2(4,5)1(6)7/h2-13,18H,14-17H2,1H3,(H,27,30,31);(H,6,7). The molecule has 1 fully saturated rings. The van der Waals surface area contributed by atoms with E-state index in [0.717, 1.165) is 52.9 Å². The van der Waals surface area contributed by atoms with Gasteiger partial charge < -0.3 is 20.1 Å². The van der Waals surface area contributed by atoms with Crippen molar-refractivity contribution in [3.05, 3.63) is 79.4 Å². The molecule has 0 radical (unpaired) electrons. The van der Waals surface area contributed by atoms with Gasteiger partial charge in [-0.05, 0) is 42.0 Å². The van der Waals surface area contributed by atoms with Crippen LogP contribution in [0.15, 0.2) is 79.4 Å². The number of hydrogen-bond donors (Lipinski definition) is 2. The largest absolute Gasteiger partial charge is 0.490 e. The van der Waals surface area contributed by atoms with Crippen molar-refractivity contribution in [1.29, 1.82) is 0 Å². The Labute approximate surface area is 243 Å². The number of morpholine rings is 1. The fourth-order valence-corrected chi connectivity index (χ4v) is 4.16. The molecule has 0 atom stereocenters. The van der Waals surface area contributed by atoms with E-state index in [1.165, 1.54) is 0 Å². The zero-order valence-electron chi connectivity index (χ0n) is 22.8. The zero-order chi connectivity index (χ0) is 30.4. The Bertz CT molecular complexity index is 1660. The number of hydrogen-bond acceptors (Lipinski definition) is 9. The highest BCUT2D eigenvalue weighted by molar-refractivity contribution is 5.73. The summed E-state index contributed by atoms with van der Waals surface area (Å²) in [6.45, 7) is 3.02. The molecule has 2 aromatic carbocycles. The number of aryl methyl sites for hydroxylation is 1. The molecule has 0 saturated carbocycles. The summed E-state index contributed by atoms with van der Waals surface area (Å²) in [6.07, 6.45) is 0.211. The Morgan fingerprint density at radius 3 is 2.23 bits per heavy atom. The Balaban J connectivity index is 0.000000472. The molecule has 6 rings (SSSR count). The van der Waals surface area contributed by atoms with Crippen LogP contribution in [-0.4, -0.2) is 78.1 Å². The molecule has 12 nitrogen and oxygen atoms in total. The molecule has 1 aliphatic rings. The quantitative estimate of drug-likeness (QED) is 0.293. The third-order valence-corrected chi connectivity index (χ3v) is 6.36. The minimum Gasteiger partial charge on any atom is -0.475 e. The molecule has 5 aromatic rings. The van der Waals surface area contributed by atoms with E-state index in [4.69, 9.17) is 19.6 Å². The first kappa shape index (κ1) is 29.2. The number of alkyl halides is 3. The predicted molar refractivity (Wildman–Crippen MR) is 151 cm³/mol. The number of aromatic nitrogens is 7. The van der Waals surface area contributed by atoms with Gasteiger partial charge in [-0.25, -0.2) is 19.4 Å². The maximum atomic E-state index is 10.6. The zero-order valence-corrected chi connectivity index (χ0v) is 22.8. The number of ether oxygens (including phenoxy) is 1. The SMILES string of the molecule is Cn1nccc1-c1ccc(-c2ccnc(Nc3ccc(-n4cnc(N5CCOCC5)n4)cc3)n2)cc1.O=C(O)C(F)(F)F. The van der Waals surface area contributed by atoms with Gasteiger partial charge in [-0.15, -0.1) is 5.10 Å². The van der Waals surface area contributed by atoms with Gasteiger partial charge in [-0.3, -0.25) is 4.68 Å². The van der Waals surface area contributed by atoms with Gasteiger partial charge in [0.15, 0.2) is 0 Å². The summed E-state index contributed by atoms with van der Waals surface area (Å²) in [5, 5.41) is 19.3. The van der Waals surface area contributed by atoms with Gasteiger partial charge in [-0.2, -0.15) is 23.3 Å². The number of anilines is 3. The Hall–Kier alpha value is -5.31. The lowest BCUT2D eigenvalue weighted by atomic mass is 10.1. The fraction of sp³-hybridized carbons (Fsp3) is 0.214. The van der Waals surface area contributed by atoms with Crippen LogP contribution < -0.4 is 10.2 Å². The lowest BCUT2D eigenvalue weighted by Gasteiger charge is -2.25. The van der Waals surface area contributed by atoms with Gasteiger partial charge in [0.25, 0.3) is 0 Å². The maximum absolute atomic E-state index is 10.6. The molecule has 15 heteroatoms. The minimum atomic E-state index is -5.08. The van der Waals surface area contributed by atoms with E-state index >= 15 is 0 Å². The average Bonchev–Trinajstić information content (AvgIpc) is 3.68. The number of halogens is 3. The second kappa shape index (κ2) is 12.7. The molecule has 0 aliphatic carbocycles. The van der Waals surface area contributed by atoms with E-state index in [9.17, 15) is 13.2 Å². The van der Waals surface area contributed by atoms with Gasteiger partial charge >= 0.3 is 12.1 Å². The maximum Gasteiger partial charge on any atom is 0.490 e.